The first-order valence-electron chi connectivity index (χ1n) is 5.45. The maximum absolute atomic E-state index is 11.3. The second-order valence-electron chi connectivity index (χ2n) is 4.05. The van der Waals surface area contributed by atoms with Crippen molar-refractivity contribution in [1.82, 2.24) is 0 Å². The number of hydrogen-bond donors (Lipinski definition) is 1. The first-order chi connectivity index (χ1) is 7.83. The molecule has 1 unspecified atom stereocenters. The van der Waals surface area contributed by atoms with Crippen molar-refractivity contribution in [3.05, 3.63) is 29.3 Å². The molecule has 1 rings (SSSR count). The van der Waals surface area contributed by atoms with Gasteiger partial charge in [-0.15, -0.1) is 0 Å². The van der Waals surface area contributed by atoms with Gasteiger partial charge in [0, 0.05) is 11.8 Å². The minimum absolute atomic E-state index is 0.0805. The lowest BCUT2D eigenvalue weighted by Crippen LogP contribution is -2.05. The SMILES string of the molecule is CCOc1ccc(C(C)O)cc1CS(C)(=O)=O. The average molecular weight is 258 g/mol. The molecule has 0 fully saturated rings. The van der Waals surface area contributed by atoms with E-state index in [2.05, 4.69) is 0 Å². The molecule has 0 spiro atoms. The molecule has 1 atom stereocenters. The summed E-state index contributed by atoms with van der Waals surface area (Å²) in [4.78, 5) is 0. The smallest absolute Gasteiger partial charge is 0.151 e. The fourth-order valence-corrected chi connectivity index (χ4v) is 2.34. The maximum Gasteiger partial charge on any atom is 0.151 e. The molecule has 96 valence electrons. The summed E-state index contributed by atoms with van der Waals surface area (Å²) in [6, 6.07) is 5.12. The molecule has 0 heterocycles. The molecule has 0 radical (unpaired) electrons. The summed E-state index contributed by atoms with van der Waals surface area (Å²) in [5, 5.41) is 9.48. The summed E-state index contributed by atoms with van der Waals surface area (Å²) in [6.45, 7) is 3.96. The van der Waals surface area contributed by atoms with Crippen LogP contribution in [0.15, 0.2) is 18.2 Å². The number of aliphatic hydroxyl groups excluding tert-OH is 1. The van der Waals surface area contributed by atoms with Gasteiger partial charge in [0.1, 0.15) is 5.75 Å². The zero-order valence-electron chi connectivity index (χ0n) is 10.3. The lowest BCUT2D eigenvalue weighted by Gasteiger charge is -2.12. The average Bonchev–Trinajstić information content (AvgIpc) is 2.18. The second-order valence-corrected chi connectivity index (χ2v) is 6.19. The van der Waals surface area contributed by atoms with Gasteiger partial charge < -0.3 is 9.84 Å². The van der Waals surface area contributed by atoms with E-state index in [1.165, 1.54) is 6.26 Å². The molecule has 5 heteroatoms. The van der Waals surface area contributed by atoms with E-state index in [-0.39, 0.29) is 5.75 Å². The van der Waals surface area contributed by atoms with Crippen molar-refractivity contribution in [3.8, 4) is 5.75 Å². The van der Waals surface area contributed by atoms with E-state index in [4.69, 9.17) is 4.74 Å². The Balaban J connectivity index is 3.15. The van der Waals surface area contributed by atoms with E-state index in [0.717, 1.165) is 0 Å². The standard InChI is InChI=1S/C12H18O4S/c1-4-16-12-6-5-10(9(2)13)7-11(12)8-17(3,14)15/h5-7,9,13H,4,8H2,1-3H3. The molecule has 0 aliphatic rings. The number of benzene rings is 1. The second kappa shape index (κ2) is 5.51. The number of sulfone groups is 1. The summed E-state index contributed by atoms with van der Waals surface area (Å²) in [6.07, 6.45) is 0.557. The summed E-state index contributed by atoms with van der Waals surface area (Å²) >= 11 is 0. The first kappa shape index (κ1) is 14.0. The van der Waals surface area contributed by atoms with E-state index in [1.807, 2.05) is 6.92 Å². The lowest BCUT2D eigenvalue weighted by atomic mass is 10.1. The Morgan fingerprint density at radius 2 is 2.06 bits per heavy atom. The van der Waals surface area contributed by atoms with Crippen LogP contribution < -0.4 is 4.74 Å². The van der Waals surface area contributed by atoms with E-state index < -0.39 is 15.9 Å². The highest BCUT2D eigenvalue weighted by Gasteiger charge is 2.12. The van der Waals surface area contributed by atoms with Gasteiger partial charge in [0.2, 0.25) is 0 Å². The molecule has 0 aliphatic carbocycles. The third-order valence-corrected chi connectivity index (χ3v) is 3.12. The summed E-state index contributed by atoms with van der Waals surface area (Å²) in [7, 11) is -3.12. The van der Waals surface area contributed by atoms with Gasteiger partial charge in [-0.3, -0.25) is 0 Å². The van der Waals surface area contributed by atoms with Crippen molar-refractivity contribution in [3.63, 3.8) is 0 Å². The normalized spacial score (nSPS) is 13.4. The van der Waals surface area contributed by atoms with E-state index in [9.17, 15) is 13.5 Å². The van der Waals surface area contributed by atoms with E-state index in [0.29, 0.717) is 23.5 Å². The Kier molecular flexibility index (Phi) is 4.54. The van der Waals surface area contributed by atoms with Crippen LogP contribution in [0, 0.1) is 0 Å². The van der Waals surface area contributed by atoms with Gasteiger partial charge in [0.25, 0.3) is 0 Å². The van der Waals surface area contributed by atoms with Crippen molar-refractivity contribution in [2.75, 3.05) is 12.9 Å². The topological polar surface area (TPSA) is 63.6 Å². The molecule has 1 aromatic rings. The van der Waals surface area contributed by atoms with Gasteiger partial charge in [0.05, 0.1) is 18.5 Å². The quantitative estimate of drug-likeness (QED) is 0.872. The van der Waals surface area contributed by atoms with Gasteiger partial charge in [0.15, 0.2) is 9.84 Å². The molecule has 4 nitrogen and oxygen atoms in total. The third kappa shape index (κ3) is 4.36. The third-order valence-electron chi connectivity index (χ3n) is 2.28. The Bertz CT molecular complexity index is 477. The first-order valence-corrected chi connectivity index (χ1v) is 7.51. The molecule has 0 aliphatic heterocycles. The van der Waals surface area contributed by atoms with Crippen molar-refractivity contribution in [1.29, 1.82) is 0 Å². The van der Waals surface area contributed by atoms with E-state index >= 15 is 0 Å². The number of aliphatic hydroxyl groups is 1. The fourth-order valence-electron chi connectivity index (χ4n) is 1.55. The van der Waals surface area contributed by atoms with Gasteiger partial charge in [-0.25, -0.2) is 8.42 Å². The molecular formula is C12H18O4S. The zero-order valence-corrected chi connectivity index (χ0v) is 11.1. The Hall–Kier alpha value is -1.07. The van der Waals surface area contributed by atoms with Crippen LogP contribution in [0.25, 0.3) is 0 Å². The Morgan fingerprint density at radius 1 is 1.41 bits per heavy atom. The van der Waals surface area contributed by atoms with Crippen LogP contribution in [-0.4, -0.2) is 26.4 Å². The van der Waals surface area contributed by atoms with Crippen molar-refractivity contribution in [2.45, 2.75) is 25.7 Å². The molecule has 17 heavy (non-hydrogen) atoms. The fraction of sp³-hybridized carbons (Fsp3) is 0.500. The monoisotopic (exact) mass is 258 g/mol. The highest BCUT2D eigenvalue weighted by molar-refractivity contribution is 7.89. The van der Waals surface area contributed by atoms with Crippen molar-refractivity contribution in [2.24, 2.45) is 0 Å². The van der Waals surface area contributed by atoms with Gasteiger partial charge in [-0.2, -0.15) is 0 Å². The van der Waals surface area contributed by atoms with Gasteiger partial charge in [-0.1, -0.05) is 6.07 Å². The number of hydrogen-bond acceptors (Lipinski definition) is 4. The number of rotatable bonds is 5. The Labute approximate surface area is 102 Å². The van der Waals surface area contributed by atoms with Crippen LogP contribution in [0.3, 0.4) is 0 Å². The largest absolute Gasteiger partial charge is 0.494 e. The molecule has 0 bridgehead atoms. The summed E-state index contributed by atoms with van der Waals surface area (Å²) in [5.74, 6) is 0.477. The molecule has 0 saturated carbocycles. The molecule has 1 N–H and O–H groups in total. The van der Waals surface area contributed by atoms with Crippen LogP contribution in [0.5, 0.6) is 5.75 Å². The van der Waals surface area contributed by atoms with Crippen LogP contribution in [0.1, 0.15) is 31.1 Å². The van der Waals surface area contributed by atoms with Crippen LogP contribution in [0.2, 0.25) is 0 Å². The van der Waals surface area contributed by atoms with E-state index in [1.54, 1.807) is 25.1 Å². The van der Waals surface area contributed by atoms with Crippen LogP contribution in [0.4, 0.5) is 0 Å². The van der Waals surface area contributed by atoms with Crippen LogP contribution in [-0.2, 0) is 15.6 Å². The molecule has 0 saturated heterocycles. The predicted molar refractivity (Wildman–Crippen MR) is 66.8 cm³/mol. The van der Waals surface area contributed by atoms with Gasteiger partial charge >= 0.3 is 0 Å². The highest BCUT2D eigenvalue weighted by Crippen LogP contribution is 2.25. The predicted octanol–water partition coefficient (Wildman–Crippen LogP) is 1.68. The molecule has 0 amide bonds. The number of ether oxygens (including phenoxy) is 1. The Morgan fingerprint density at radius 3 is 2.53 bits per heavy atom. The van der Waals surface area contributed by atoms with Gasteiger partial charge in [-0.05, 0) is 31.5 Å². The summed E-state index contributed by atoms with van der Waals surface area (Å²) < 4.78 is 28.0. The summed E-state index contributed by atoms with van der Waals surface area (Å²) in [5.41, 5.74) is 1.28. The minimum Gasteiger partial charge on any atom is -0.494 e. The highest BCUT2D eigenvalue weighted by atomic mass is 32.2. The van der Waals surface area contributed by atoms with Crippen molar-refractivity contribution >= 4 is 9.84 Å². The molecule has 0 aromatic heterocycles. The van der Waals surface area contributed by atoms with Crippen molar-refractivity contribution < 1.29 is 18.3 Å². The molecule has 1 aromatic carbocycles. The maximum atomic E-state index is 11.3. The lowest BCUT2D eigenvalue weighted by molar-refractivity contribution is 0.199. The minimum atomic E-state index is -3.12. The molecular weight excluding hydrogens is 240 g/mol. The zero-order chi connectivity index (χ0) is 13.1. The van der Waals surface area contributed by atoms with Crippen LogP contribution >= 0.6 is 0 Å².